The monoisotopic (exact) mass is 568 g/mol. The Morgan fingerprint density at radius 3 is 2.49 bits per heavy atom. The molecule has 0 aliphatic carbocycles. The highest BCUT2D eigenvalue weighted by molar-refractivity contribution is 7.07. The number of hydrogen-bond acceptors (Lipinski definition) is 8. The molecule has 1 unspecified atom stereocenters. The van der Waals surface area contributed by atoms with Crippen LogP contribution in [0.5, 0.6) is 0 Å². The fraction of sp³-hybridized carbons (Fsp3) is 0.321. The van der Waals surface area contributed by atoms with E-state index in [1.54, 1.807) is 57.2 Å². The fourth-order valence-electron chi connectivity index (χ4n) is 4.59. The van der Waals surface area contributed by atoms with E-state index in [-0.39, 0.29) is 22.9 Å². The summed E-state index contributed by atoms with van der Waals surface area (Å²) >= 11 is 7.29. The van der Waals surface area contributed by atoms with Crippen LogP contribution in [-0.2, 0) is 9.53 Å². The van der Waals surface area contributed by atoms with Gasteiger partial charge < -0.3 is 9.64 Å². The van der Waals surface area contributed by atoms with Crippen molar-refractivity contribution in [3.63, 3.8) is 0 Å². The van der Waals surface area contributed by atoms with Gasteiger partial charge in [0.05, 0.1) is 32.9 Å². The molecule has 39 heavy (non-hydrogen) atoms. The molecule has 0 saturated carbocycles. The predicted octanol–water partition coefficient (Wildman–Crippen LogP) is 4.59. The maximum absolute atomic E-state index is 13.9. The summed E-state index contributed by atoms with van der Waals surface area (Å²) in [7, 11) is 0. The number of aromatic nitrogens is 1. The normalized spacial score (nSPS) is 15.3. The van der Waals surface area contributed by atoms with Gasteiger partial charge in [-0.2, -0.15) is 0 Å². The molecule has 0 fully saturated rings. The Hall–Kier alpha value is -3.76. The highest BCUT2D eigenvalue weighted by Gasteiger charge is 2.33. The number of nitro groups is 1. The maximum atomic E-state index is 13.9. The van der Waals surface area contributed by atoms with Gasteiger partial charge in [-0.3, -0.25) is 19.5 Å². The van der Waals surface area contributed by atoms with E-state index in [9.17, 15) is 19.7 Å². The van der Waals surface area contributed by atoms with Crippen molar-refractivity contribution in [3.8, 4) is 0 Å². The zero-order valence-corrected chi connectivity index (χ0v) is 23.9. The van der Waals surface area contributed by atoms with Gasteiger partial charge in [-0.25, -0.2) is 9.79 Å². The van der Waals surface area contributed by atoms with E-state index in [1.165, 1.54) is 28.0 Å². The molecule has 0 N–H and O–H groups in total. The molecule has 204 valence electrons. The molecule has 9 nitrogen and oxygen atoms in total. The van der Waals surface area contributed by atoms with Crippen LogP contribution in [0.1, 0.15) is 51.8 Å². The van der Waals surface area contributed by atoms with Crippen LogP contribution in [0, 0.1) is 10.1 Å². The van der Waals surface area contributed by atoms with Crippen LogP contribution in [0.25, 0.3) is 6.08 Å². The van der Waals surface area contributed by atoms with Gasteiger partial charge in [0.1, 0.15) is 0 Å². The first-order chi connectivity index (χ1) is 18.5. The standard InChI is InChI=1S/C28H29ClN4O5S/c1-6-31(7-2)22-13-12-21(33(36)37)14-19(22)15-23-26(34)32-25(18-8-10-20(29)11-9-18)24(27(35)38-16(3)4)17(5)30-28(32)39-23/h8-16,25H,6-7H2,1-5H3. The van der Waals surface area contributed by atoms with Crippen molar-refractivity contribution in [2.45, 2.75) is 46.8 Å². The number of halogens is 1. The lowest BCUT2D eigenvalue weighted by atomic mass is 9.96. The van der Waals surface area contributed by atoms with Crippen molar-refractivity contribution in [3.05, 3.63) is 99.7 Å². The second kappa shape index (κ2) is 11.5. The number of nitro benzene ring substituents is 1. The second-order valence-electron chi connectivity index (χ2n) is 9.26. The first-order valence-corrected chi connectivity index (χ1v) is 13.8. The van der Waals surface area contributed by atoms with E-state index in [1.807, 2.05) is 13.8 Å². The lowest BCUT2D eigenvalue weighted by Gasteiger charge is -2.25. The number of nitrogens with zero attached hydrogens (tertiary/aromatic N) is 4. The molecule has 4 rings (SSSR count). The Morgan fingerprint density at radius 1 is 1.23 bits per heavy atom. The smallest absolute Gasteiger partial charge is 0.338 e. The van der Waals surface area contributed by atoms with Crippen LogP contribution < -0.4 is 19.8 Å². The molecule has 1 aliphatic rings. The fourth-order valence-corrected chi connectivity index (χ4v) is 5.75. The third-order valence-electron chi connectivity index (χ3n) is 6.38. The molecule has 1 atom stereocenters. The molecule has 3 aromatic rings. The number of benzene rings is 2. The molecular formula is C28H29ClN4O5S. The molecule has 0 bridgehead atoms. The van der Waals surface area contributed by atoms with Crippen LogP contribution >= 0.6 is 22.9 Å². The third-order valence-corrected chi connectivity index (χ3v) is 7.62. The number of ether oxygens (including phenoxy) is 1. The summed E-state index contributed by atoms with van der Waals surface area (Å²) in [6, 6.07) is 10.8. The van der Waals surface area contributed by atoms with Gasteiger partial charge in [-0.15, -0.1) is 0 Å². The van der Waals surface area contributed by atoms with Crippen molar-refractivity contribution in [1.82, 2.24) is 4.57 Å². The van der Waals surface area contributed by atoms with Crippen LogP contribution in [0.2, 0.25) is 5.02 Å². The van der Waals surface area contributed by atoms with Crippen LogP contribution in [0.4, 0.5) is 11.4 Å². The minimum absolute atomic E-state index is 0.0708. The molecule has 0 radical (unpaired) electrons. The van der Waals surface area contributed by atoms with Gasteiger partial charge >= 0.3 is 5.97 Å². The predicted molar refractivity (Wildman–Crippen MR) is 153 cm³/mol. The molecule has 0 spiro atoms. The number of rotatable bonds is 8. The molecule has 2 heterocycles. The SMILES string of the molecule is CCN(CC)c1ccc([N+](=O)[O-])cc1C=c1sc2n(c1=O)C(c1ccc(Cl)cc1)C(C(=O)OC(C)C)=C(C)N=2. The number of hydrogen-bond donors (Lipinski definition) is 0. The van der Waals surface area contributed by atoms with Gasteiger partial charge in [-0.1, -0.05) is 35.1 Å². The third kappa shape index (κ3) is 5.67. The number of esters is 1. The van der Waals surface area contributed by atoms with Gasteiger partial charge in [0.2, 0.25) is 0 Å². The Bertz CT molecular complexity index is 1640. The number of thiazole rings is 1. The maximum Gasteiger partial charge on any atom is 0.338 e. The summed E-state index contributed by atoms with van der Waals surface area (Å²) in [5, 5.41) is 12.1. The number of anilines is 1. The van der Waals surface area contributed by atoms with E-state index in [2.05, 4.69) is 9.89 Å². The van der Waals surface area contributed by atoms with Crippen molar-refractivity contribution in [1.29, 1.82) is 0 Å². The van der Waals surface area contributed by atoms with E-state index < -0.39 is 16.9 Å². The van der Waals surface area contributed by atoms with Crippen molar-refractivity contribution in [2.75, 3.05) is 18.0 Å². The van der Waals surface area contributed by atoms with Crippen LogP contribution in [0.3, 0.4) is 0 Å². The second-order valence-corrected chi connectivity index (χ2v) is 10.7. The summed E-state index contributed by atoms with van der Waals surface area (Å²) in [4.78, 5) is 45.3. The summed E-state index contributed by atoms with van der Waals surface area (Å²) in [6.07, 6.45) is 1.30. The van der Waals surface area contributed by atoms with Crippen LogP contribution in [0.15, 0.2) is 63.5 Å². The average Bonchev–Trinajstić information content (AvgIpc) is 3.18. The highest BCUT2D eigenvalue weighted by atomic mass is 35.5. The number of fused-ring (bicyclic) bond motifs is 1. The molecule has 1 aliphatic heterocycles. The van der Waals surface area contributed by atoms with Gasteiger partial charge in [0.25, 0.3) is 11.2 Å². The topological polar surface area (TPSA) is 107 Å². The minimum atomic E-state index is -0.778. The number of allylic oxidation sites excluding steroid dienone is 1. The Balaban J connectivity index is 1.98. The summed E-state index contributed by atoms with van der Waals surface area (Å²) in [5.41, 5.74) is 2.30. The minimum Gasteiger partial charge on any atom is -0.459 e. The first-order valence-electron chi connectivity index (χ1n) is 12.6. The van der Waals surface area contributed by atoms with Gasteiger partial charge in [0, 0.05) is 41.5 Å². The molecule has 1 aromatic heterocycles. The lowest BCUT2D eigenvalue weighted by Crippen LogP contribution is -2.40. The van der Waals surface area contributed by atoms with E-state index in [0.717, 1.165) is 5.69 Å². The quantitative estimate of drug-likeness (QED) is 0.223. The van der Waals surface area contributed by atoms with E-state index in [0.29, 0.717) is 44.3 Å². The van der Waals surface area contributed by atoms with E-state index >= 15 is 0 Å². The van der Waals surface area contributed by atoms with Gasteiger partial charge in [-0.05, 0) is 64.5 Å². The zero-order chi connectivity index (χ0) is 28.4. The number of carbonyl (C=O) groups is 1. The molecular weight excluding hydrogens is 540 g/mol. The molecule has 0 amide bonds. The van der Waals surface area contributed by atoms with Gasteiger partial charge in [0.15, 0.2) is 4.80 Å². The average molecular weight is 569 g/mol. The summed E-state index contributed by atoms with van der Waals surface area (Å²) < 4.78 is 7.35. The van der Waals surface area contributed by atoms with Crippen LogP contribution in [-0.4, -0.2) is 34.7 Å². The summed E-state index contributed by atoms with van der Waals surface area (Å²) in [6.45, 7) is 10.6. The van der Waals surface area contributed by atoms with E-state index in [4.69, 9.17) is 16.3 Å². The zero-order valence-electron chi connectivity index (χ0n) is 22.3. The molecule has 11 heteroatoms. The first kappa shape index (κ1) is 28.3. The lowest BCUT2D eigenvalue weighted by molar-refractivity contribution is -0.384. The highest BCUT2D eigenvalue weighted by Crippen LogP contribution is 2.32. The Kier molecular flexibility index (Phi) is 8.36. The Labute approximate surface area is 234 Å². The molecule has 0 saturated heterocycles. The van der Waals surface area contributed by atoms with Crippen molar-refractivity contribution in [2.24, 2.45) is 4.99 Å². The van der Waals surface area contributed by atoms with Crippen molar-refractivity contribution >= 4 is 46.4 Å². The molecule has 2 aromatic carbocycles. The Morgan fingerprint density at radius 2 is 1.90 bits per heavy atom. The summed E-state index contributed by atoms with van der Waals surface area (Å²) in [5.74, 6) is -0.553. The number of non-ortho nitro benzene ring substituents is 1. The number of carbonyl (C=O) groups excluding carboxylic acids is 1. The largest absolute Gasteiger partial charge is 0.459 e. The van der Waals surface area contributed by atoms with Crippen molar-refractivity contribution < 1.29 is 14.5 Å².